The number of esters is 1. The molecule has 1 saturated heterocycles. The molecule has 35 heavy (non-hydrogen) atoms. The van der Waals surface area contributed by atoms with Crippen LogP contribution in [0.25, 0.3) is 0 Å². The zero-order valence-corrected chi connectivity index (χ0v) is 21.6. The number of amides is 1. The molecule has 1 aliphatic heterocycles. The van der Waals surface area contributed by atoms with Gasteiger partial charge < -0.3 is 10.1 Å². The molecule has 0 saturated carbocycles. The molecule has 1 aliphatic rings. The molecule has 2 aromatic carbocycles. The van der Waals surface area contributed by atoms with Crippen LogP contribution in [0.15, 0.2) is 52.3 Å². The summed E-state index contributed by atoms with van der Waals surface area (Å²) in [6, 6.07) is 9.75. The average Bonchev–Trinajstić information content (AvgIpc) is 3.30. The minimum Gasteiger partial charge on any atom is -0.454 e. The highest BCUT2D eigenvalue weighted by molar-refractivity contribution is 7.89. The topological polar surface area (TPSA) is 130 Å². The Morgan fingerprint density at radius 3 is 2.34 bits per heavy atom. The molecule has 1 fully saturated rings. The first-order chi connectivity index (χ1) is 16.3. The molecule has 1 N–H and O–H groups in total. The standard InChI is InChI=1S/C23H29N3O7S2/c1-16-7-11-19(12-8-16)34(29,30)26-13-5-6-20(26)23(28)33-15-22(27)24-18-10-9-17(2)21(14-18)35(31,32)25(3)4/h7-12,14,20H,5-6,13,15H2,1-4H3,(H,24,27). The molecule has 1 unspecified atom stereocenters. The van der Waals surface area contributed by atoms with E-state index in [-0.39, 0.29) is 28.4 Å². The first-order valence-corrected chi connectivity index (χ1v) is 13.8. The van der Waals surface area contributed by atoms with Crippen molar-refractivity contribution >= 4 is 37.6 Å². The van der Waals surface area contributed by atoms with Gasteiger partial charge in [-0.25, -0.2) is 21.1 Å². The lowest BCUT2D eigenvalue weighted by Crippen LogP contribution is -2.42. The lowest BCUT2D eigenvalue weighted by Gasteiger charge is -2.22. The number of ether oxygens (including phenoxy) is 1. The van der Waals surface area contributed by atoms with Crippen molar-refractivity contribution in [3.05, 3.63) is 53.6 Å². The van der Waals surface area contributed by atoms with E-state index < -0.39 is 44.6 Å². The van der Waals surface area contributed by atoms with Crippen molar-refractivity contribution in [3.63, 3.8) is 0 Å². The van der Waals surface area contributed by atoms with E-state index in [2.05, 4.69) is 5.32 Å². The molecule has 0 aromatic heterocycles. The Bertz CT molecular complexity index is 1320. The van der Waals surface area contributed by atoms with E-state index in [4.69, 9.17) is 4.74 Å². The van der Waals surface area contributed by atoms with Gasteiger partial charge in [-0.15, -0.1) is 0 Å². The third-order valence-electron chi connectivity index (χ3n) is 5.68. The number of sulfonamides is 2. The quantitative estimate of drug-likeness (QED) is 0.523. The number of aryl methyl sites for hydroxylation is 2. The van der Waals surface area contributed by atoms with E-state index in [1.807, 2.05) is 6.92 Å². The van der Waals surface area contributed by atoms with Gasteiger partial charge in [0.15, 0.2) is 6.61 Å². The van der Waals surface area contributed by atoms with Crippen molar-refractivity contribution in [2.75, 3.05) is 32.6 Å². The summed E-state index contributed by atoms with van der Waals surface area (Å²) < 4.78 is 58.3. The Balaban J connectivity index is 1.65. The zero-order valence-electron chi connectivity index (χ0n) is 20.0. The number of hydrogen-bond donors (Lipinski definition) is 1. The third-order valence-corrected chi connectivity index (χ3v) is 9.56. The van der Waals surface area contributed by atoms with Gasteiger partial charge in [0.1, 0.15) is 6.04 Å². The molecule has 1 atom stereocenters. The molecular formula is C23H29N3O7S2. The van der Waals surface area contributed by atoms with Crippen LogP contribution in [0.1, 0.15) is 24.0 Å². The highest BCUT2D eigenvalue weighted by atomic mass is 32.2. The van der Waals surface area contributed by atoms with Crippen LogP contribution in [0, 0.1) is 13.8 Å². The third kappa shape index (κ3) is 5.89. The summed E-state index contributed by atoms with van der Waals surface area (Å²) in [4.78, 5) is 25.1. The van der Waals surface area contributed by atoms with Crippen molar-refractivity contribution in [2.24, 2.45) is 0 Å². The van der Waals surface area contributed by atoms with Gasteiger partial charge in [0, 0.05) is 26.3 Å². The number of rotatable bonds is 8. The summed E-state index contributed by atoms with van der Waals surface area (Å²) in [6.07, 6.45) is 0.777. The van der Waals surface area contributed by atoms with Gasteiger partial charge in [-0.1, -0.05) is 23.8 Å². The van der Waals surface area contributed by atoms with Gasteiger partial charge in [-0.3, -0.25) is 9.59 Å². The zero-order chi connectivity index (χ0) is 26.0. The van der Waals surface area contributed by atoms with E-state index in [1.54, 1.807) is 25.1 Å². The Labute approximate surface area is 206 Å². The molecule has 0 spiro atoms. The van der Waals surface area contributed by atoms with Crippen molar-refractivity contribution in [3.8, 4) is 0 Å². The van der Waals surface area contributed by atoms with Crippen LogP contribution < -0.4 is 5.32 Å². The van der Waals surface area contributed by atoms with Gasteiger partial charge in [-0.2, -0.15) is 4.31 Å². The van der Waals surface area contributed by atoms with E-state index in [0.29, 0.717) is 12.0 Å². The summed E-state index contributed by atoms with van der Waals surface area (Å²) in [5, 5.41) is 2.51. The lowest BCUT2D eigenvalue weighted by molar-refractivity contribution is -0.150. The largest absolute Gasteiger partial charge is 0.454 e. The van der Waals surface area contributed by atoms with Crippen LogP contribution in [0.3, 0.4) is 0 Å². The molecule has 2 aromatic rings. The van der Waals surface area contributed by atoms with Gasteiger partial charge in [0.2, 0.25) is 20.0 Å². The van der Waals surface area contributed by atoms with Crippen molar-refractivity contribution < 1.29 is 31.2 Å². The SMILES string of the molecule is Cc1ccc(S(=O)(=O)N2CCCC2C(=O)OCC(=O)Nc2ccc(C)c(S(=O)(=O)N(C)C)c2)cc1. The normalized spacial score (nSPS) is 16.9. The van der Waals surface area contributed by atoms with Crippen LogP contribution in [0.4, 0.5) is 5.69 Å². The molecular weight excluding hydrogens is 494 g/mol. The highest BCUT2D eigenvalue weighted by Crippen LogP contribution is 2.27. The van der Waals surface area contributed by atoms with Crippen LogP contribution in [0.5, 0.6) is 0 Å². The maximum absolute atomic E-state index is 13.0. The number of carbonyl (C=O) groups excluding carboxylic acids is 2. The second kappa shape index (κ2) is 10.4. The lowest BCUT2D eigenvalue weighted by atomic mass is 10.2. The number of benzene rings is 2. The van der Waals surface area contributed by atoms with Crippen LogP contribution in [0.2, 0.25) is 0 Å². The van der Waals surface area contributed by atoms with E-state index in [1.165, 1.54) is 38.4 Å². The Hall–Kier alpha value is -2.80. The summed E-state index contributed by atoms with van der Waals surface area (Å²) in [6.45, 7) is 3.02. The molecule has 190 valence electrons. The molecule has 1 amide bonds. The maximum Gasteiger partial charge on any atom is 0.324 e. The van der Waals surface area contributed by atoms with Gasteiger partial charge in [-0.05, 0) is 56.5 Å². The molecule has 1 heterocycles. The van der Waals surface area contributed by atoms with Gasteiger partial charge >= 0.3 is 5.97 Å². The van der Waals surface area contributed by atoms with Gasteiger partial charge in [0.25, 0.3) is 5.91 Å². The Morgan fingerprint density at radius 1 is 1.06 bits per heavy atom. The highest BCUT2D eigenvalue weighted by Gasteiger charge is 2.40. The minimum atomic E-state index is -3.90. The van der Waals surface area contributed by atoms with E-state index in [9.17, 15) is 26.4 Å². The summed E-state index contributed by atoms with van der Waals surface area (Å²) in [5.74, 6) is -1.49. The number of nitrogens with zero attached hydrogens (tertiary/aromatic N) is 2. The molecule has 12 heteroatoms. The monoisotopic (exact) mass is 523 g/mol. The second-order valence-electron chi connectivity index (χ2n) is 8.51. The Kier molecular flexibility index (Phi) is 8.00. The molecule has 0 radical (unpaired) electrons. The second-order valence-corrected chi connectivity index (χ2v) is 12.5. The molecule has 0 aliphatic carbocycles. The molecule has 10 nitrogen and oxygen atoms in total. The fourth-order valence-electron chi connectivity index (χ4n) is 3.69. The van der Waals surface area contributed by atoms with E-state index >= 15 is 0 Å². The minimum absolute atomic E-state index is 0.0419. The number of anilines is 1. The number of nitrogens with one attached hydrogen (secondary N) is 1. The summed E-state index contributed by atoms with van der Waals surface area (Å²) >= 11 is 0. The maximum atomic E-state index is 13.0. The van der Waals surface area contributed by atoms with Crippen molar-refractivity contribution in [1.82, 2.24) is 8.61 Å². The smallest absolute Gasteiger partial charge is 0.324 e. The fraction of sp³-hybridized carbons (Fsp3) is 0.391. The first kappa shape index (κ1) is 26.8. The van der Waals surface area contributed by atoms with E-state index in [0.717, 1.165) is 14.2 Å². The Morgan fingerprint density at radius 2 is 1.71 bits per heavy atom. The van der Waals surface area contributed by atoms with Crippen LogP contribution in [-0.2, 0) is 34.4 Å². The molecule has 3 rings (SSSR count). The number of hydrogen-bond acceptors (Lipinski definition) is 7. The average molecular weight is 524 g/mol. The van der Waals surface area contributed by atoms with Crippen molar-refractivity contribution in [2.45, 2.75) is 42.5 Å². The number of carbonyl (C=O) groups is 2. The summed E-state index contributed by atoms with van der Waals surface area (Å²) in [5.41, 5.74) is 1.65. The van der Waals surface area contributed by atoms with Crippen LogP contribution in [-0.4, -0.2) is 70.6 Å². The predicted molar refractivity (Wildman–Crippen MR) is 130 cm³/mol. The first-order valence-electron chi connectivity index (χ1n) is 10.9. The predicted octanol–water partition coefficient (Wildman–Crippen LogP) is 1.89. The summed E-state index contributed by atoms with van der Waals surface area (Å²) in [7, 11) is -4.79. The van der Waals surface area contributed by atoms with Gasteiger partial charge in [0.05, 0.1) is 9.79 Å². The van der Waals surface area contributed by atoms with Crippen molar-refractivity contribution in [1.29, 1.82) is 0 Å². The van der Waals surface area contributed by atoms with Crippen LogP contribution >= 0.6 is 0 Å². The fourth-order valence-corrected chi connectivity index (χ4v) is 6.48. The molecule has 0 bridgehead atoms.